The van der Waals surface area contributed by atoms with E-state index in [1.165, 1.54) is 52.5 Å². The van der Waals surface area contributed by atoms with Gasteiger partial charge in [-0.05, 0) is 73.5 Å². The maximum atomic E-state index is 12.1. The van der Waals surface area contributed by atoms with E-state index in [0.29, 0.717) is 70.5 Å². The van der Waals surface area contributed by atoms with E-state index in [2.05, 4.69) is 20.7 Å². The predicted octanol–water partition coefficient (Wildman–Crippen LogP) is 4.95. The minimum atomic E-state index is -0.568. The van der Waals surface area contributed by atoms with Gasteiger partial charge in [0.1, 0.15) is 92.4 Å². The molecule has 0 aliphatic carbocycles. The standard InChI is InChI=1S/C28H36N2O11.C16H20N2O3.C3H5BrO2/c1-19-7-9-21(29(15-25(31)36-3)16-26(32)37-4)24(13-19)41-12-11-40-23-10-8-20(35-2)14-22(23)30(17-27(33)38-5)18-28(34)39-6;1-11-3-5-13(17)16(9-11)21-8-7-20-15-6-4-12(19-2)10-14(15)18;1-6-3(5)2-4/h7-10,13-14H,11-12,15-18H2,1-6H3;3-6,9-10H,7-8,17-18H2,1-2H3;2H2,1H3. The van der Waals surface area contributed by atoms with Crippen molar-refractivity contribution in [3.63, 3.8) is 0 Å². The number of hydrogen-bond acceptors (Lipinski definition) is 20. The number of nitrogens with zero attached hydrogens (tertiary/aromatic N) is 2. The summed E-state index contributed by atoms with van der Waals surface area (Å²) in [7, 11) is 9.44. The van der Waals surface area contributed by atoms with Crippen LogP contribution >= 0.6 is 15.9 Å². The number of aryl methyl sites for hydroxylation is 2. The van der Waals surface area contributed by atoms with Crippen LogP contribution in [0.3, 0.4) is 0 Å². The Hall–Kier alpha value is -7.29. The van der Waals surface area contributed by atoms with Crippen LogP contribution in [0.2, 0.25) is 0 Å². The van der Waals surface area contributed by atoms with E-state index in [1.807, 2.05) is 38.1 Å². The molecule has 0 fully saturated rings. The number of benzene rings is 4. The first-order valence-corrected chi connectivity index (χ1v) is 21.7. The molecule has 4 aromatic rings. The number of nitrogens with two attached hydrogens (primary N) is 2. The zero-order valence-corrected chi connectivity index (χ0v) is 41.3. The normalized spacial score (nSPS) is 9.97. The molecule has 0 aliphatic heterocycles. The molecule has 0 radical (unpaired) electrons. The van der Waals surface area contributed by atoms with Crippen LogP contribution in [-0.2, 0) is 47.7 Å². The van der Waals surface area contributed by atoms with Gasteiger partial charge in [0.2, 0.25) is 0 Å². The van der Waals surface area contributed by atoms with Crippen molar-refractivity contribution in [2.24, 2.45) is 0 Å². The molecule has 0 aliphatic rings. The summed E-state index contributed by atoms with van der Waals surface area (Å²) < 4.78 is 56.9. The lowest BCUT2D eigenvalue weighted by Gasteiger charge is -2.26. The Morgan fingerprint density at radius 2 is 0.838 bits per heavy atom. The monoisotopic (exact) mass is 1020 g/mol. The zero-order valence-electron chi connectivity index (χ0n) is 39.8. The molecule has 20 nitrogen and oxygen atoms in total. The highest BCUT2D eigenvalue weighted by atomic mass is 79.9. The highest BCUT2D eigenvalue weighted by Crippen LogP contribution is 2.34. The van der Waals surface area contributed by atoms with Crippen LogP contribution in [0.4, 0.5) is 22.7 Å². The third-order valence-electron chi connectivity index (χ3n) is 9.07. The molecule has 4 N–H and O–H groups in total. The summed E-state index contributed by atoms with van der Waals surface area (Å²) >= 11 is 2.90. The molecular weight excluding hydrogens is 956 g/mol. The number of carbonyl (C=O) groups is 5. The van der Waals surface area contributed by atoms with Crippen molar-refractivity contribution in [2.45, 2.75) is 13.8 Å². The average molecular weight is 1020 g/mol. The van der Waals surface area contributed by atoms with Crippen molar-refractivity contribution in [1.29, 1.82) is 0 Å². The van der Waals surface area contributed by atoms with Gasteiger partial charge < -0.3 is 73.4 Å². The van der Waals surface area contributed by atoms with E-state index in [1.54, 1.807) is 55.6 Å². The lowest BCUT2D eigenvalue weighted by Crippen LogP contribution is -2.36. The topological polar surface area (TPSA) is 245 Å². The first kappa shape index (κ1) is 56.8. The van der Waals surface area contributed by atoms with Crippen LogP contribution in [0.25, 0.3) is 0 Å². The van der Waals surface area contributed by atoms with Gasteiger partial charge in [-0.2, -0.15) is 0 Å². The first-order chi connectivity index (χ1) is 32.5. The van der Waals surface area contributed by atoms with Gasteiger partial charge in [-0.15, -0.1) is 0 Å². The summed E-state index contributed by atoms with van der Waals surface area (Å²) in [6.07, 6.45) is 0. The van der Waals surface area contributed by atoms with Crippen molar-refractivity contribution in [3.05, 3.63) is 83.9 Å². The number of esters is 5. The van der Waals surface area contributed by atoms with Crippen LogP contribution in [-0.4, -0.2) is 138 Å². The fourth-order valence-electron chi connectivity index (χ4n) is 5.54. The molecule has 0 saturated carbocycles. The second kappa shape index (κ2) is 30.8. The summed E-state index contributed by atoms with van der Waals surface area (Å²) in [6.45, 7) is 3.87. The maximum Gasteiger partial charge on any atom is 0.325 e. The molecule has 372 valence electrons. The number of nitrogen functional groups attached to an aromatic ring is 2. The van der Waals surface area contributed by atoms with Crippen molar-refractivity contribution in [1.82, 2.24) is 0 Å². The molecule has 0 atom stereocenters. The van der Waals surface area contributed by atoms with Crippen LogP contribution in [0, 0.1) is 13.8 Å². The molecule has 0 amide bonds. The Morgan fingerprint density at radius 1 is 0.441 bits per heavy atom. The summed E-state index contributed by atoms with van der Waals surface area (Å²) in [5, 5.41) is 0.281. The lowest BCUT2D eigenvalue weighted by molar-refractivity contribution is -0.141. The molecule has 21 heteroatoms. The third kappa shape index (κ3) is 20.1. The zero-order chi connectivity index (χ0) is 50.6. The Bertz CT molecular complexity index is 2200. The van der Waals surface area contributed by atoms with Crippen LogP contribution in [0.1, 0.15) is 11.1 Å². The van der Waals surface area contributed by atoms with Gasteiger partial charge in [0.15, 0.2) is 0 Å². The minimum Gasteiger partial charge on any atom is -0.497 e. The Kier molecular flexibility index (Phi) is 25.8. The SMILES string of the molecule is COC(=O)CBr.COC(=O)CN(CC(=O)OC)c1ccc(C)cc1OCCOc1ccc(OC)cc1N(CC(=O)OC)CC(=O)OC.COc1ccc(OCCOc2cc(C)ccc2N)c(N)c1. The minimum absolute atomic E-state index is 0.0605. The van der Waals surface area contributed by atoms with Gasteiger partial charge in [-0.25, -0.2) is 0 Å². The van der Waals surface area contributed by atoms with Gasteiger partial charge in [0.05, 0.1) is 72.5 Å². The number of alkyl halides is 1. The quantitative estimate of drug-likeness (QED) is 0.0328. The molecule has 0 aromatic heterocycles. The van der Waals surface area contributed by atoms with Crippen molar-refractivity contribution >= 4 is 68.5 Å². The number of anilines is 4. The predicted molar refractivity (Wildman–Crippen MR) is 257 cm³/mol. The van der Waals surface area contributed by atoms with Crippen molar-refractivity contribution in [3.8, 4) is 34.5 Å². The summed E-state index contributed by atoms with van der Waals surface area (Å²) in [5.74, 6) is 0.751. The molecule has 0 spiro atoms. The highest BCUT2D eigenvalue weighted by molar-refractivity contribution is 9.09. The first-order valence-electron chi connectivity index (χ1n) is 20.6. The van der Waals surface area contributed by atoms with Gasteiger partial charge >= 0.3 is 29.8 Å². The maximum absolute atomic E-state index is 12.1. The summed E-state index contributed by atoms with van der Waals surface area (Å²) in [5.41, 5.74) is 15.7. The Balaban J connectivity index is 0.000000484. The fourth-order valence-corrected chi connectivity index (χ4v) is 5.77. The summed E-state index contributed by atoms with van der Waals surface area (Å²) in [6, 6.07) is 21.2. The molecule has 0 unspecified atom stereocenters. The molecule has 0 saturated heterocycles. The second-order valence-electron chi connectivity index (χ2n) is 13.9. The number of carbonyl (C=O) groups excluding carboxylic acids is 5. The Labute approximate surface area is 404 Å². The largest absolute Gasteiger partial charge is 0.497 e. The van der Waals surface area contributed by atoms with Crippen LogP contribution in [0.15, 0.2) is 72.8 Å². The molecule has 0 heterocycles. The third-order valence-corrected chi connectivity index (χ3v) is 9.53. The lowest BCUT2D eigenvalue weighted by atomic mass is 10.2. The summed E-state index contributed by atoms with van der Waals surface area (Å²) in [4.78, 5) is 61.0. The van der Waals surface area contributed by atoms with E-state index < -0.39 is 23.9 Å². The van der Waals surface area contributed by atoms with Gasteiger partial charge in [0, 0.05) is 12.1 Å². The van der Waals surface area contributed by atoms with Gasteiger partial charge in [-0.1, -0.05) is 28.1 Å². The number of halogens is 1. The fraction of sp³-hybridized carbons (Fsp3) is 0.383. The van der Waals surface area contributed by atoms with Gasteiger partial charge in [-0.3, -0.25) is 24.0 Å². The molecule has 4 rings (SSSR count). The molecule has 0 bridgehead atoms. The van der Waals surface area contributed by atoms with E-state index in [4.69, 9.17) is 58.8 Å². The molecule has 68 heavy (non-hydrogen) atoms. The van der Waals surface area contributed by atoms with Crippen molar-refractivity contribution in [2.75, 3.05) is 129 Å². The van der Waals surface area contributed by atoms with E-state index >= 15 is 0 Å². The van der Waals surface area contributed by atoms with Gasteiger partial charge in [0.25, 0.3) is 0 Å². The van der Waals surface area contributed by atoms with Crippen LogP contribution in [0.5, 0.6) is 34.5 Å². The number of rotatable bonds is 23. The van der Waals surface area contributed by atoms with E-state index in [0.717, 1.165) is 11.1 Å². The van der Waals surface area contributed by atoms with E-state index in [-0.39, 0.29) is 50.7 Å². The molecular formula is C47H61BrN4O16. The second-order valence-corrected chi connectivity index (χ2v) is 14.4. The smallest absolute Gasteiger partial charge is 0.325 e. The van der Waals surface area contributed by atoms with Crippen LogP contribution < -0.4 is 49.7 Å². The van der Waals surface area contributed by atoms with Crippen molar-refractivity contribution < 1.29 is 76.1 Å². The number of methoxy groups -OCH3 is 7. The Morgan fingerprint density at radius 3 is 1.28 bits per heavy atom. The highest BCUT2D eigenvalue weighted by Gasteiger charge is 2.22. The molecule has 4 aromatic carbocycles. The number of hydrogen-bond donors (Lipinski definition) is 2. The average Bonchev–Trinajstić information content (AvgIpc) is 3.34. The number of ether oxygens (including phenoxy) is 11. The van der Waals surface area contributed by atoms with E-state index in [9.17, 15) is 24.0 Å².